The van der Waals surface area contributed by atoms with Gasteiger partial charge in [-0.25, -0.2) is 0 Å². The molecule has 0 saturated heterocycles. The molecule has 0 aromatic heterocycles. The largest absolute Gasteiger partial charge is 0.483 e. The summed E-state index contributed by atoms with van der Waals surface area (Å²) in [6.07, 6.45) is 0.870. The van der Waals surface area contributed by atoms with Crippen LogP contribution in [0.15, 0.2) is 18.2 Å². The van der Waals surface area contributed by atoms with E-state index in [4.69, 9.17) is 4.74 Å². The van der Waals surface area contributed by atoms with Crippen molar-refractivity contribution in [3.8, 4) is 5.75 Å². The van der Waals surface area contributed by atoms with Crippen molar-refractivity contribution in [2.45, 2.75) is 27.2 Å². The summed E-state index contributed by atoms with van der Waals surface area (Å²) in [5, 5.41) is 5.21. The highest BCUT2D eigenvalue weighted by molar-refractivity contribution is 5.85. The van der Waals surface area contributed by atoms with Gasteiger partial charge in [0.15, 0.2) is 6.61 Å². The lowest BCUT2D eigenvalue weighted by molar-refractivity contribution is -0.127. The lowest BCUT2D eigenvalue weighted by Crippen LogP contribution is -2.39. The van der Waals surface area contributed by atoms with E-state index in [0.717, 1.165) is 23.3 Å². The molecule has 0 saturated carbocycles. The van der Waals surface area contributed by atoms with Gasteiger partial charge in [0, 0.05) is 6.54 Å². The van der Waals surface area contributed by atoms with Crippen molar-refractivity contribution < 1.29 is 14.3 Å². The van der Waals surface area contributed by atoms with Gasteiger partial charge in [-0.2, -0.15) is 0 Å². The van der Waals surface area contributed by atoms with Crippen LogP contribution >= 0.6 is 0 Å². The molecule has 0 aliphatic carbocycles. The fourth-order valence-electron chi connectivity index (χ4n) is 1.72. The Labute approximate surface area is 119 Å². The summed E-state index contributed by atoms with van der Waals surface area (Å²) in [6.45, 7) is 6.34. The van der Waals surface area contributed by atoms with Gasteiger partial charge in [0.05, 0.1) is 6.54 Å². The average Bonchev–Trinajstić information content (AvgIpc) is 2.42. The monoisotopic (exact) mass is 278 g/mol. The van der Waals surface area contributed by atoms with Gasteiger partial charge in [0.2, 0.25) is 5.91 Å². The lowest BCUT2D eigenvalue weighted by atomic mass is 10.1. The van der Waals surface area contributed by atoms with E-state index in [2.05, 4.69) is 10.6 Å². The van der Waals surface area contributed by atoms with E-state index in [9.17, 15) is 9.59 Å². The molecule has 0 fully saturated rings. The zero-order valence-electron chi connectivity index (χ0n) is 12.3. The molecule has 1 aromatic carbocycles. The third-order valence-electron chi connectivity index (χ3n) is 2.77. The number of nitrogens with one attached hydrogen (secondary N) is 2. The smallest absolute Gasteiger partial charge is 0.258 e. The van der Waals surface area contributed by atoms with Crippen LogP contribution in [0.1, 0.15) is 24.5 Å². The highest BCUT2D eigenvalue weighted by atomic mass is 16.5. The third kappa shape index (κ3) is 5.30. The van der Waals surface area contributed by atoms with Crippen molar-refractivity contribution >= 4 is 11.8 Å². The van der Waals surface area contributed by atoms with Gasteiger partial charge in [-0.1, -0.05) is 25.1 Å². The summed E-state index contributed by atoms with van der Waals surface area (Å²) in [5.41, 5.74) is 1.97. The highest BCUT2D eigenvalue weighted by Crippen LogP contribution is 2.21. The number of hydrogen-bond acceptors (Lipinski definition) is 3. The maximum Gasteiger partial charge on any atom is 0.258 e. The van der Waals surface area contributed by atoms with Crippen LogP contribution in [0.5, 0.6) is 5.75 Å². The molecule has 5 heteroatoms. The van der Waals surface area contributed by atoms with Crippen molar-refractivity contribution in [2.75, 3.05) is 19.7 Å². The SMILES string of the molecule is CCCNC(=O)CNC(=O)COc1c(C)cccc1C. The van der Waals surface area contributed by atoms with Crippen LogP contribution in [0.2, 0.25) is 0 Å². The first-order valence-corrected chi connectivity index (χ1v) is 6.77. The van der Waals surface area contributed by atoms with Gasteiger partial charge >= 0.3 is 0 Å². The number of carbonyl (C=O) groups is 2. The zero-order valence-corrected chi connectivity index (χ0v) is 12.3. The molecular weight excluding hydrogens is 256 g/mol. The van der Waals surface area contributed by atoms with E-state index < -0.39 is 0 Å². The Morgan fingerprint density at radius 2 is 1.75 bits per heavy atom. The van der Waals surface area contributed by atoms with E-state index in [-0.39, 0.29) is 25.0 Å². The van der Waals surface area contributed by atoms with Crippen molar-refractivity contribution in [3.63, 3.8) is 0 Å². The van der Waals surface area contributed by atoms with Crippen LogP contribution in [-0.2, 0) is 9.59 Å². The minimum atomic E-state index is -0.306. The molecule has 20 heavy (non-hydrogen) atoms. The van der Waals surface area contributed by atoms with E-state index in [1.807, 2.05) is 39.0 Å². The second kappa shape index (κ2) is 8.19. The Kier molecular flexibility index (Phi) is 6.56. The van der Waals surface area contributed by atoms with Gasteiger partial charge in [-0.15, -0.1) is 0 Å². The van der Waals surface area contributed by atoms with Crippen molar-refractivity contribution in [1.29, 1.82) is 0 Å². The van der Waals surface area contributed by atoms with Gasteiger partial charge < -0.3 is 15.4 Å². The number of aryl methyl sites for hydroxylation is 2. The minimum Gasteiger partial charge on any atom is -0.483 e. The number of benzene rings is 1. The number of hydrogen-bond donors (Lipinski definition) is 2. The molecule has 0 unspecified atom stereocenters. The normalized spacial score (nSPS) is 9.95. The Morgan fingerprint density at radius 1 is 1.10 bits per heavy atom. The molecule has 1 rings (SSSR count). The fourth-order valence-corrected chi connectivity index (χ4v) is 1.72. The molecule has 2 amide bonds. The van der Waals surface area contributed by atoms with E-state index in [1.165, 1.54) is 0 Å². The number of carbonyl (C=O) groups excluding carboxylic acids is 2. The van der Waals surface area contributed by atoms with Gasteiger partial charge in [0.1, 0.15) is 5.75 Å². The topological polar surface area (TPSA) is 67.4 Å². The first-order valence-electron chi connectivity index (χ1n) is 6.77. The summed E-state index contributed by atoms with van der Waals surface area (Å²) < 4.78 is 5.50. The van der Waals surface area contributed by atoms with Gasteiger partial charge in [0.25, 0.3) is 5.91 Å². The Morgan fingerprint density at radius 3 is 2.35 bits per heavy atom. The van der Waals surface area contributed by atoms with E-state index >= 15 is 0 Å². The maximum atomic E-state index is 11.6. The molecule has 110 valence electrons. The van der Waals surface area contributed by atoms with Crippen LogP contribution in [0.25, 0.3) is 0 Å². The van der Waals surface area contributed by atoms with E-state index in [1.54, 1.807) is 0 Å². The molecular formula is C15H22N2O3. The molecule has 1 aromatic rings. The molecule has 0 atom stereocenters. The fraction of sp³-hybridized carbons (Fsp3) is 0.467. The molecule has 5 nitrogen and oxygen atoms in total. The van der Waals surface area contributed by atoms with Crippen LogP contribution in [0.3, 0.4) is 0 Å². The standard InChI is InChI=1S/C15H22N2O3/c1-4-8-16-13(18)9-17-14(19)10-20-15-11(2)6-5-7-12(15)3/h5-7H,4,8-10H2,1-3H3,(H,16,18)(H,17,19). The summed E-state index contributed by atoms with van der Waals surface area (Å²) in [4.78, 5) is 22.9. The highest BCUT2D eigenvalue weighted by Gasteiger charge is 2.08. The summed E-state index contributed by atoms with van der Waals surface area (Å²) >= 11 is 0. The third-order valence-corrected chi connectivity index (χ3v) is 2.77. The predicted molar refractivity (Wildman–Crippen MR) is 77.7 cm³/mol. The Hall–Kier alpha value is -2.04. The molecule has 2 N–H and O–H groups in total. The van der Waals surface area contributed by atoms with Gasteiger partial charge in [-0.3, -0.25) is 9.59 Å². The number of amides is 2. The van der Waals surface area contributed by atoms with Crippen molar-refractivity contribution in [2.24, 2.45) is 0 Å². The second-order valence-corrected chi connectivity index (χ2v) is 4.64. The molecule has 0 spiro atoms. The molecule has 0 heterocycles. The van der Waals surface area contributed by atoms with Crippen molar-refractivity contribution in [1.82, 2.24) is 10.6 Å². The van der Waals surface area contributed by atoms with Gasteiger partial charge in [-0.05, 0) is 31.4 Å². The molecule has 0 bridgehead atoms. The molecule has 0 aliphatic heterocycles. The lowest BCUT2D eigenvalue weighted by Gasteiger charge is -2.11. The number of ether oxygens (including phenoxy) is 1. The van der Waals surface area contributed by atoms with Crippen LogP contribution in [0.4, 0.5) is 0 Å². The maximum absolute atomic E-state index is 11.6. The summed E-state index contributed by atoms with van der Waals surface area (Å²) in [5.74, 6) is 0.227. The quantitative estimate of drug-likeness (QED) is 0.790. The Balaban J connectivity index is 2.35. The minimum absolute atomic E-state index is 0.0189. The number of para-hydroxylation sites is 1. The molecule has 0 radical (unpaired) electrons. The van der Waals surface area contributed by atoms with Crippen molar-refractivity contribution in [3.05, 3.63) is 29.3 Å². The van der Waals surface area contributed by atoms with Crippen LogP contribution in [0, 0.1) is 13.8 Å². The first-order chi connectivity index (χ1) is 9.54. The Bertz CT molecular complexity index is 452. The first kappa shape index (κ1) is 16.0. The summed E-state index contributed by atoms with van der Waals surface area (Å²) in [7, 11) is 0. The van der Waals surface area contributed by atoms with E-state index in [0.29, 0.717) is 6.54 Å². The average molecular weight is 278 g/mol. The predicted octanol–water partition coefficient (Wildman–Crippen LogP) is 1.32. The second-order valence-electron chi connectivity index (χ2n) is 4.64. The van der Waals surface area contributed by atoms with Crippen LogP contribution < -0.4 is 15.4 Å². The zero-order chi connectivity index (χ0) is 15.0. The van der Waals surface area contributed by atoms with Crippen LogP contribution in [-0.4, -0.2) is 31.5 Å². The summed E-state index contributed by atoms with van der Waals surface area (Å²) in [6, 6.07) is 5.80. The number of rotatable bonds is 7. The molecule has 0 aliphatic rings.